The first-order chi connectivity index (χ1) is 12.6. The van der Waals surface area contributed by atoms with E-state index in [0.29, 0.717) is 19.0 Å². The second-order valence-corrected chi connectivity index (χ2v) is 7.71. The van der Waals surface area contributed by atoms with E-state index >= 15 is 0 Å². The molecular weight excluding hydrogens is 471 g/mol. The maximum Gasteiger partial charge on any atom is 0.221 e. The van der Waals surface area contributed by atoms with E-state index in [2.05, 4.69) is 51.0 Å². The third-order valence-corrected chi connectivity index (χ3v) is 5.50. The van der Waals surface area contributed by atoms with Crippen LogP contribution in [0.1, 0.15) is 44.1 Å². The fraction of sp³-hybridized carbons (Fsp3) is 0.600. The lowest BCUT2D eigenvalue weighted by Crippen LogP contribution is -2.41. The van der Waals surface area contributed by atoms with Crippen molar-refractivity contribution in [3.63, 3.8) is 0 Å². The van der Waals surface area contributed by atoms with Crippen molar-refractivity contribution in [1.82, 2.24) is 15.5 Å². The van der Waals surface area contributed by atoms with Crippen LogP contribution in [0.3, 0.4) is 0 Å². The number of rotatable bonds is 7. The average Bonchev–Trinajstić information content (AvgIpc) is 2.66. The van der Waals surface area contributed by atoms with Gasteiger partial charge in [-0.25, -0.2) is 0 Å². The molecule has 2 N–H and O–H groups in total. The van der Waals surface area contributed by atoms with Gasteiger partial charge in [-0.2, -0.15) is 0 Å². The van der Waals surface area contributed by atoms with E-state index in [1.165, 1.54) is 29.7 Å². The van der Waals surface area contributed by atoms with Crippen LogP contribution in [-0.2, 0) is 11.3 Å². The second kappa shape index (κ2) is 13.3. The molecule has 0 aromatic heterocycles. The zero-order valence-corrected chi connectivity index (χ0v) is 19.8. The molecule has 7 heteroatoms. The number of carbonyl (C=O) groups excluding carboxylic acids is 1. The Morgan fingerprint density at radius 1 is 1.22 bits per heavy atom. The summed E-state index contributed by atoms with van der Waals surface area (Å²) >= 11 is 1.75. The van der Waals surface area contributed by atoms with Crippen molar-refractivity contribution < 1.29 is 4.79 Å². The van der Waals surface area contributed by atoms with Crippen LogP contribution in [0.4, 0.5) is 0 Å². The lowest BCUT2D eigenvalue weighted by atomic mass is 9.95. The van der Waals surface area contributed by atoms with Gasteiger partial charge in [-0.05, 0) is 36.8 Å². The molecule has 1 aliphatic rings. The highest BCUT2D eigenvalue weighted by atomic mass is 127. The van der Waals surface area contributed by atoms with Gasteiger partial charge >= 0.3 is 0 Å². The van der Waals surface area contributed by atoms with Crippen LogP contribution in [0.2, 0.25) is 0 Å². The lowest BCUT2D eigenvalue weighted by molar-refractivity contribution is -0.121. The number of hydrogen-bond acceptors (Lipinski definition) is 3. The van der Waals surface area contributed by atoms with Gasteiger partial charge in [-0.15, -0.1) is 35.7 Å². The van der Waals surface area contributed by atoms with Gasteiger partial charge in [0.1, 0.15) is 0 Å². The standard InChI is InChI=1S/C20H32N4OS.HI/c1-21-20(24(2)15-16-9-11-18(26-3)12-10-16)22-14-13-19(25)23-17-7-5-4-6-8-17;/h9-12,17H,4-8,13-15H2,1-3H3,(H,21,22)(H,23,25);1H. The van der Waals surface area contributed by atoms with E-state index in [4.69, 9.17) is 0 Å². The number of hydrogen-bond donors (Lipinski definition) is 2. The maximum absolute atomic E-state index is 12.1. The molecule has 0 heterocycles. The quantitative estimate of drug-likeness (QED) is 0.256. The van der Waals surface area contributed by atoms with Crippen molar-refractivity contribution in [2.45, 2.75) is 56.0 Å². The number of nitrogens with zero attached hydrogens (tertiary/aromatic N) is 2. The number of thioether (sulfide) groups is 1. The normalized spacial score (nSPS) is 15.0. The number of aliphatic imine (C=N–C) groups is 1. The first-order valence-electron chi connectivity index (χ1n) is 9.46. The molecule has 152 valence electrons. The van der Waals surface area contributed by atoms with E-state index in [1.807, 2.05) is 7.05 Å². The molecule has 5 nitrogen and oxygen atoms in total. The molecule has 27 heavy (non-hydrogen) atoms. The van der Waals surface area contributed by atoms with Crippen molar-refractivity contribution in [2.24, 2.45) is 4.99 Å². The van der Waals surface area contributed by atoms with E-state index < -0.39 is 0 Å². The van der Waals surface area contributed by atoms with Crippen LogP contribution in [0.15, 0.2) is 34.2 Å². The maximum atomic E-state index is 12.1. The van der Waals surface area contributed by atoms with Crippen LogP contribution >= 0.6 is 35.7 Å². The van der Waals surface area contributed by atoms with Gasteiger partial charge < -0.3 is 15.5 Å². The van der Waals surface area contributed by atoms with E-state index in [-0.39, 0.29) is 29.9 Å². The number of halogens is 1. The SMILES string of the molecule is CN=C(NCCC(=O)NC1CCCCC1)N(C)Cc1ccc(SC)cc1.I. The van der Waals surface area contributed by atoms with Crippen molar-refractivity contribution in [3.05, 3.63) is 29.8 Å². The highest BCUT2D eigenvalue weighted by Crippen LogP contribution is 2.17. The summed E-state index contributed by atoms with van der Waals surface area (Å²) in [5.41, 5.74) is 1.24. The zero-order valence-electron chi connectivity index (χ0n) is 16.7. The van der Waals surface area contributed by atoms with Gasteiger partial charge in [0.15, 0.2) is 5.96 Å². The molecule has 0 radical (unpaired) electrons. The fourth-order valence-corrected chi connectivity index (χ4v) is 3.71. The zero-order chi connectivity index (χ0) is 18.8. The molecule has 0 unspecified atom stereocenters. The van der Waals surface area contributed by atoms with Crippen molar-refractivity contribution in [2.75, 3.05) is 26.9 Å². The van der Waals surface area contributed by atoms with Crippen LogP contribution in [0.5, 0.6) is 0 Å². The molecule has 0 atom stereocenters. The van der Waals surface area contributed by atoms with Gasteiger partial charge in [-0.3, -0.25) is 9.79 Å². The van der Waals surface area contributed by atoms with Crippen LogP contribution in [0, 0.1) is 0 Å². The monoisotopic (exact) mass is 504 g/mol. The van der Waals surface area contributed by atoms with E-state index in [0.717, 1.165) is 25.3 Å². The molecule has 0 aliphatic heterocycles. The Morgan fingerprint density at radius 2 is 1.89 bits per heavy atom. The van der Waals surface area contributed by atoms with Crippen LogP contribution in [-0.4, -0.2) is 49.7 Å². The predicted molar refractivity (Wildman–Crippen MR) is 126 cm³/mol. The molecule has 1 amide bonds. The smallest absolute Gasteiger partial charge is 0.221 e. The third kappa shape index (κ3) is 8.72. The van der Waals surface area contributed by atoms with Gasteiger partial charge in [0, 0.05) is 44.5 Å². The molecule has 1 fully saturated rings. The Balaban J connectivity index is 0.00000364. The number of carbonyl (C=O) groups is 1. The first-order valence-corrected chi connectivity index (χ1v) is 10.7. The minimum atomic E-state index is 0. The molecule has 0 spiro atoms. The third-order valence-electron chi connectivity index (χ3n) is 4.76. The van der Waals surface area contributed by atoms with Gasteiger partial charge in [-0.1, -0.05) is 31.4 Å². The van der Waals surface area contributed by atoms with E-state index in [9.17, 15) is 4.79 Å². The Labute approximate surface area is 185 Å². The first kappa shape index (κ1) is 24.1. The summed E-state index contributed by atoms with van der Waals surface area (Å²) in [5.74, 6) is 0.944. The number of guanidine groups is 1. The summed E-state index contributed by atoms with van der Waals surface area (Å²) < 4.78 is 0. The molecule has 1 aliphatic carbocycles. The molecule has 2 rings (SSSR count). The highest BCUT2D eigenvalue weighted by molar-refractivity contribution is 14.0. The topological polar surface area (TPSA) is 56.7 Å². The number of amides is 1. The number of benzene rings is 1. The van der Waals surface area contributed by atoms with Gasteiger partial charge in [0.05, 0.1) is 0 Å². The summed E-state index contributed by atoms with van der Waals surface area (Å²) in [7, 11) is 3.79. The molecule has 1 saturated carbocycles. The Hall–Kier alpha value is -0.960. The molecule has 0 saturated heterocycles. The van der Waals surface area contributed by atoms with Crippen LogP contribution in [0.25, 0.3) is 0 Å². The summed E-state index contributed by atoms with van der Waals surface area (Å²) in [6.07, 6.45) is 8.58. The summed E-state index contributed by atoms with van der Waals surface area (Å²) in [6, 6.07) is 8.95. The summed E-state index contributed by atoms with van der Waals surface area (Å²) in [6.45, 7) is 1.38. The molecule has 1 aromatic carbocycles. The Bertz CT molecular complexity index is 588. The summed E-state index contributed by atoms with van der Waals surface area (Å²) in [4.78, 5) is 19.8. The predicted octanol–water partition coefficient (Wildman–Crippen LogP) is 3.87. The summed E-state index contributed by atoms with van der Waals surface area (Å²) in [5, 5.41) is 6.45. The fourth-order valence-electron chi connectivity index (χ4n) is 3.30. The van der Waals surface area contributed by atoms with Crippen molar-refractivity contribution in [1.29, 1.82) is 0 Å². The Kier molecular flexibility index (Phi) is 11.8. The molecule has 0 bridgehead atoms. The molecular formula is C20H33IN4OS. The van der Waals surface area contributed by atoms with Crippen LogP contribution < -0.4 is 10.6 Å². The Morgan fingerprint density at radius 3 is 2.48 bits per heavy atom. The van der Waals surface area contributed by atoms with Gasteiger partial charge in [0.25, 0.3) is 0 Å². The van der Waals surface area contributed by atoms with Crippen molar-refractivity contribution in [3.8, 4) is 0 Å². The second-order valence-electron chi connectivity index (χ2n) is 6.83. The van der Waals surface area contributed by atoms with Crippen molar-refractivity contribution >= 4 is 47.6 Å². The van der Waals surface area contributed by atoms with E-state index in [1.54, 1.807) is 18.8 Å². The molecule has 1 aromatic rings. The lowest BCUT2D eigenvalue weighted by Gasteiger charge is -2.24. The average molecular weight is 504 g/mol. The minimum Gasteiger partial charge on any atom is -0.356 e. The van der Waals surface area contributed by atoms with Gasteiger partial charge in [0.2, 0.25) is 5.91 Å². The largest absolute Gasteiger partial charge is 0.356 e. The minimum absolute atomic E-state index is 0. The number of nitrogens with one attached hydrogen (secondary N) is 2. The highest BCUT2D eigenvalue weighted by Gasteiger charge is 2.15.